The van der Waals surface area contributed by atoms with Crippen LogP contribution in [0.3, 0.4) is 0 Å². The van der Waals surface area contributed by atoms with Crippen LogP contribution in [0.4, 0.5) is 5.69 Å². The summed E-state index contributed by atoms with van der Waals surface area (Å²) in [6, 6.07) is 5.26. The number of rotatable bonds is 5. The summed E-state index contributed by atoms with van der Waals surface area (Å²) in [5.74, 6) is -1.24. The number of aryl methyl sites for hydroxylation is 1. The van der Waals surface area contributed by atoms with Crippen molar-refractivity contribution in [3.63, 3.8) is 0 Å². The lowest BCUT2D eigenvalue weighted by Crippen LogP contribution is -2.38. The van der Waals surface area contributed by atoms with E-state index in [0.717, 1.165) is 17.2 Å². The SMILES string of the molecule is COC(C)(C)C(=O)Nc1ccc(/C=C/C(=O)O)c(C)c1. The van der Waals surface area contributed by atoms with E-state index in [2.05, 4.69) is 5.32 Å². The van der Waals surface area contributed by atoms with E-state index in [4.69, 9.17) is 9.84 Å². The molecule has 1 aromatic carbocycles. The Morgan fingerprint density at radius 2 is 2.00 bits per heavy atom. The normalized spacial score (nSPS) is 11.6. The Hall–Kier alpha value is -2.14. The lowest BCUT2D eigenvalue weighted by Gasteiger charge is -2.21. The van der Waals surface area contributed by atoms with Crippen LogP contribution in [0, 0.1) is 6.92 Å². The highest BCUT2D eigenvalue weighted by Gasteiger charge is 2.26. The van der Waals surface area contributed by atoms with Gasteiger partial charge >= 0.3 is 5.97 Å². The molecule has 0 aromatic heterocycles. The summed E-state index contributed by atoms with van der Waals surface area (Å²) >= 11 is 0. The van der Waals surface area contributed by atoms with Gasteiger partial charge < -0.3 is 15.2 Å². The predicted molar refractivity (Wildman–Crippen MR) is 77.6 cm³/mol. The second-order valence-electron chi connectivity index (χ2n) is 4.91. The maximum Gasteiger partial charge on any atom is 0.328 e. The van der Waals surface area contributed by atoms with Crippen molar-refractivity contribution in [1.29, 1.82) is 0 Å². The van der Waals surface area contributed by atoms with Crippen molar-refractivity contribution >= 4 is 23.6 Å². The highest BCUT2D eigenvalue weighted by Crippen LogP contribution is 2.18. The number of aliphatic carboxylic acids is 1. The van der Waals surface area contributed by atoms with Crippen LogP contribution in [-0.4, -0.2) is 29.7 Å². The summed E-state index contributed by atoms with van der Waals surface area (Å²) in [7, 11) is 1.48. The molecule has 5 nitrogen and oxygen atoms in total. The molecule has 0 fully saturated rings. The molecule has 0 spiro atoms. The maximum atomic E-state index is 11.9. The Labute approximate surface area is 118 Å². The Morgan fingerprint density at radius 3 is 2.50 bits per heavy atom. The van der Waals surface area contributed by atoms with Gasteiger partial charge in [0.15, 0.2) is 0 Å². The van der Waals surface area contributed by atoms with Gasteiger partial charge in [0.05, 0.1) is 0 Å². The van der Waals surface area contributed by atoms with E-state index < -0.39 is 11.6 Å². The largest absolute Gasteiger partial charge is 0.478 e. The Kier molecular flexibility index (Phi) is 5.05. The Balaban J connectivity index is 2.88. The number of carboxylic acids is 1. The summed E-state index contributed by atoms with van der Waals surface area (Å²) in [5.41, 5.74) is 1.40. The number of ether oxygens (including phenoxy) is 1. The third kappa shape index (κ3) is 4.20. The van der Waals surface area contributed by atoms with E-state index in [1.54, 1.807) is 32.0 Å². The minimum Gasteiger partial charge on any atom is -0.478 e. The summed E-state index contributed by atoms with van der Waals surface area (Å²) in [4.78, 5) is 22.4. The van der Waals surface area contributed by atoms with Gasteiger partial charge in [0.1, 0.15) is 5.60 Å². The first-order valence-electron chi connectivity index (χ1n) is 6.14. The number of nitrogens with one attached hydrogen (secondary N) is 1. The quantitative estimate of drug-likeness (QED) is 0.811. The fourth-order valence-electron chi connectivity index (χ4n) is 1.48. The molecule has 1 aromatic rings. The number of hydrogen-bond acceptors (Lipinski definition) is 3. The fraction of sp³-hybridized carbons (Fsp3) is 0.333. The van der Waals surface area contributed by atoms with Crippen molar-refractivity contribution in [1.82, 2.24) is 0 Å². The van der Waals surface area contributed by atoms with E-state index in [1.807, 2.05) is 6.92 Å². The predicted octanol–water partition coefficient (Wildman–Crippen LogP) is 2.46. The van der Waals surface area contributed by atoms with E-state index >= 15 is 0 Å². The summed E-state index contributed by atoms with van der Waals surface area (Å²) in [6.07, 6.45) is 2.59. The van der Waals surface area contributed by atoms with Gasteiger partial charge in [-0.3, -0.25) is 4.79 Å². The first kappa shape index (κ1) is 15.9. The molecule has 0 bridgehead atoms. The molecule has 2 N–H and O–H groups in total. The number of anilines is 1. The van der Waals surface area contributed by atoms with Gasteiger partial charge in [-0.15, -0.1) is 0 Å². The minimum absolute atomic E-state index is 0.242. The summed E-state index contributed by atoms with van der Waals surface area (Å²) < 4.78 is 5.10. The number of carboxylic acid groups (broad SMARTS) is 1. The average Bonchev–Trinajstić information content (AvgIpc) is 2.37. The summed E-state index contributed by atoms with van der Waals surface area (Å²) in [6.45, 7) is 5.21. The van der Waals surface area contributed by atoms with Crippen molar-refractivity contribution in [2.45, 2.75) is 26.4 Å². The van der Waals surface area contributed by atoms with Crippen molar-refractivity contribution < 1.29 is 19.4 Å². The van der Waals surface area contributed by atoms with Crippen LogP contribution >= 0.6 is 0 Å². The van der Waals surface area contributed by atoms with Gasteiger partial charge in [0.25, 0.3) is 5.91 Å². The highest BCUT2D eigenvalue weighted by molar-refractivity contribution is 5.97. The zero-order valence-electron chi connectivity index (χ0n) is 12.1. The van der Waals surface area contributed by atoms with Crippen LogP contribution in [0.25, 0.3) is 6.08 Å². The third-order valence-corrected chi connectivity index (χ3v) is 2.99. The van der Waals surface area contributed by atoms with E-state index in [-0.39, 0.29) is 5.91 Å². The Bertz CT molecular complexity index is 547. The zero-order valence-corrected chi connectivity index (χ0v) is 12.1. The van der Waals surface area contributed by atoms with Crippen LogP contribution < -0.4 is 5.32 Å². The molecule has 0 heterocycles. The second kappa shape index (κ2) is 6.34. The molecule has 0 aliphatic rings. The average molecular weight is 277 g/mol. The maximum absolute atomic E-state index is 11.9. The van der Waals surface area contributed by atoms with Crippen LogP contribution in [0.15, 0.2) is 24.3 Å². The molecule has 0 saturated carbocycles. The van der Waals surface area contributed by atoms with Gasteiger partial charge in [-0.05, 0) is 50.1 Å². The van der Waals surface area contributed by atoms with Crippen LogP contribution in [-0.2, 0) is 14.3 Å². The monoisotopic (exact) mass is 277 g/mol. The molecular formula is C15H19NO4. The lowest BCUT2D eigenvalue weighted by molar-refractivity contribution is -0.133. The molecule has 5 heteroatoms. The van der Waals surface area contributed by atoms with Gasteiger partial charge in [-0.2, -0.15) is 0 Å². The highest BCUT2D eigenvalue weighted by atomic mass is 16.5. The van der Waals surface area contributed by atoms with Crippen molar-refractivity contribution in [2.75, 3.05) is 12.4 Å². The van der Waals surface area contributed by atoms with Gasteiger partial charge in [0, 0.05) is 18.9 Å². The van der Waals surface area contributed by atoms with Crippen LogP contribution in [0.2, 0.25) is 0 Å². The number of amides is 1. The molecule has 0 atom stereocenters. The molecular weight excluding hydrogens is 258 g/mol. The van der Waals surface area contributed by atoms with Crippen LogP contribution in [0.5, 0.6) is 0 Å². The van der Waals surface area contributed by atoms with Crippen molar-refractivity contribution in [3.8, 4) is 0 Å². The van der Waals surface area contributed by atoms with Crippen LogP contribution in [0.1, 0.15) is 25.0 Å². The topological polar surface area (TPSA) is 75.6 Å². The molecule has 1 rings (SSSR count). The Morgan fingerprint density at radius 1 is 1.35 bits per heavy atom. The second-order valence-corrected chi connectivity index (χ2v) is 4.91. The van der Waals surface area contributed by atoms with Gasteiger partial charge in [0.2, 0.25) is 0 Å². The smallest absolute Gasteiger partial charge is 0.328 e. The van der Waals surface area contributed by atoms with Gasteiger partial charge in [-0.1, -0.05) is 6.07 Å². The fourth-order valence-corrected chi connectivity index (χ4v) is 1.48. The standard InChI is InChI=1S/C15H19NO4/c1-10-9-12(16-14(19)15(2,3)20-4)7-5-11(10)6-8-13(17)18/h5-9H,1-4H3,(H,16,19)(H,17,18)/b8-6+. The number of methoxy groups -OCH3 is 1. The lowest BCUT2D eigenvalue weighted by atomic mass is 10.1. The van der Waals surface area contributed by atoms with Crippen molar-refractivity contribution in [3.05, 3.63) is 35.4 Å². The van der Waals surface area contributed by atoms with E-state index in [9.17, 15) is 9.59 Å². The van der Waals surface area contributed by atoms with Crippen molar-refractivity contribution in [2.24, 2.45) is 0 Å². The first-order valence-corrected chi connectivity index (χ1v) is 6.14. The first-order chi connectivity index (χ1) is 9.26. The molecule has 0 radical (unpaired) electrons. The number of hydrogen-bond donors (Lipinski definition) is 2. The zero-order chi connectivity index (χ0) is 15.3. The molecule has 0 aliphatic heterocycles. The molecule has 0 unspecified atom stereocenters. The third-order valence-electron chi connectivity index (χ3n) is 2.99. The minimum atomic E-state index is -0.997. The van der Waals surface area contributed by atoms with E-state index in [1.165, 1.54) is 13.2 Å². The molecule has 0 saturated heterocycles. The van der Waals surface area contributed by atoms with Gasteiger partial charge in [-0.25, -0.2) is 4.79 Å². The molecule has 20 heavy (non-hydrogen) atoms. The van der Waals surface area contributed by atoms with E-state index in [0.29, 0.717) is 5.69 Å². The number of benzene rings is 1. The molecule has 108 valence electrons. The molecule has 1 amide bonds. The molecule has 0 aliphatic carbocycles. The summed E-state index contributed by atoms with van der Waals surface area (Å²) in [5, 5.41) is 11.4. The number of carbonyl (C=O) groups is 2. The number of carbonyl (C=O) groups excluding carboxylic acids is 1.